The molecule has 0 radical (unpaired) electrons. The van der Waals surface area contributed by atoms with Crippen LogP contribution < -0.4 is 3.58 Å². The van der Waals surface area contributed by atoms with Crippen LogP contribution in [-0.2, 0) is 0 Å². The van der Waals surface area contributed by atoms with Crippen LogP contribution in [0.3, 0.4) is 0 Å². The van der Waals surface area contributed by atoms with Crippen molar-refractivity contribution in [2.75, 3.05) is 0 Å². The van der Waals surface area contributed by atoms with Crippen molar-refractivity contribution in [2.24, 2.45) is 0 Å². The average molecular weight is 668 g/mol. The summed E-state index contributed by atoms with van der Waals surface area (Å²) in [4.78, 5) is 0. The first-order valence-corrected chi connectivity index (χ1v) is 19.6. The Morgan fingerprint density at radius 2 is 0.853 bits per heavy atom. The minimum Gasteiger partial charge on any atom is -0.204 e. The van der Waals surface area contributed by atoms with Gasteiger partial charge in [-0.05, 0) is 15.9 Å². The first-order valence-electron chi connectivity index (χ1n) is 11.3. The third kappa shape index (κ3) is 7.83. The van der Waals surface area contributed by atoms with E-state index in [0.29, 0.717) is 6.07 Å². The molecular formula is C24H29BrF8Sn. The third-order valence-corrected chi connectivity index (χ3v) is 21.9. The molecule has 0 heterocycles. The van der Waals surface area contributed by atoms with Crippen molar-refractivity contribution >= 4 is 37.9 Å². The molecule has 34 heavy (non-hydrogen) atoms. The predicted octanol–water partition coefficient (Wildman–Crippen LogP) is 9.30. The van der Waals surface area contributed by atoms with Crippen LogP contribution in [0.4, 0.5) is 35.1 Å². The second kappa shape index (κ2) is 14.7. The van der Waals surface area contributed by atoms with E-state index < -0.39 is 69.4 Å². The van der Waals surface area contributed by atoms with E-state index in [-0.39, 0.29) is 9.65 Å². The average Bonchev–Trinajstić information content (AvgIpc) is 2.81. The molecule has 0 N–H and O–H groups in total. The summed E-state index contributed by atoms with van der Waals surface area (Å²) in [5.41, 5.74) is 0. The number of halogens is 9. The summed E-state index contributed by atoms with van der Waals surface area (Å²) < 4.78 is 107. The van der Waals surface area contributed by atoms with Gasteiger partial charge in [-0.15, -0.1) is 0 Å². The fraction of sp³-hybridized carbons (Fsp3) is 0.500. The van der Waals surface area contributed by atoms with Gasteiger partial charge in [0.25, 0.3) is 0 Å². The molecule has 0 saturated heterocycles. The molecule has 0 unspecified atom stereocenters. The molecule has 0 aliphatic heterocycles. The number of benzene rings is 2. The molecule has 0 atom stereocenters. The minimum absolute atomic E-state index is 0.148. The smallest absolute Gasteiger partial charge is 0.176 e. The number of hydrogen-bond donors (Lipinski definition) is 0. The molecule has 0 aliphatic rings. The molecule has 2 aromatic rings. The standard InChI is InChI=1S/C6HBrF4.C6HF4.3C4H9.Sn/c7-4-5(10)2(8)1-3(9)6(4)11;7-3-1-4(8)6(10)2-5(3)9;3*1-3-4-2;/h1H;1H;3*1,3-4H2,2H3;. The Morgan fingerprint density at radius 1 is 0.559 bits per heavy atom. The van der Waals surface area contributed by atoms with Crippen molar-refractivity contribution in [3.8, 4) is 0 Å². The van der Waals surface area contributed by atoms with Gasteiger partial charge in [-0.3, -0.25) is 0 Å². The fourth-order valence-electron chi connectivity index (χ4n) is 3.88. The van der Waals surface area contributed by atoms with Crippen molar-refractivity contribution in [2.45, 2.75) is 72.6 Å². The van der Waals surface area contributed by atoms with Crippen LogP contribution in [-0.4, -0.2) is 18.4 Å². The van der Waals surface area contributed by atoms with Crippen molar-refractivity contribution in [1.82, 2.24) is 0 Å². The van der Waals surface area contributed by atoms with Gasteiger partial charge in [0.15, 0.2) is 23.3 Å². The summed E-state index contributed by atoms with van der Waals surface area (Å²) in [6.45, 7) is 6.11. The van der Waals surface area contributed by atoms with Gasteiger partial charge < -0.3 is 0 Å². The first kappa shape index (κ1) is 31.2. The maximum atomic E-state index is 14.5. The second-order valence-corrected chi connectivity index (χ2v) is 22.0. The van der Waals surface area contributed by atoms with E-state index >= 15 is 0 Å². The van der Waals surface area contributed by atoms with Gasteiger partial charge >= 0.3 is 141 Å². The number of unbranched alkanes of at least 4 members (excludes halogenated alkanes) is 3. The van der Waals surface area contributed by atoms with Gasteiger partial charge in [-0.1, -0.05) is 0 Å². The molecule has 2 rings (SSSR count). The Morgan fingerprint density at radius 3 is 1.15 bits per heavy atom. The fourth-order valence-corrected chi connectivity index (χ4v) is 20.7. The quantitative estimate of drug-likeness (QED) is 0.103. The van der Waals surface area contributed by atoms with Crippen molar-refractivity contribution in [3.63, 3.8) is 0 Å². The Labute approximate surface area is 208 Å². The van der Waals surface area contributed by atoms with Crippen LogP contribution in [0.1, 0.15) is 59.3 Å². The Hall–Kier alpha value is -0.841. The van der Waals surface area contributed by atoms with Gasteiger partial charge in [-0.25, -0.2) is 17.6 Å². The molecule has 0 nitrogen and oxygen atoms in total. The van der Waals surface area contributed by atoms with Crippen molar-refractivity contribution < 1.29 is 35.1 Å². The van der Waals surface area contributed by atoms with Crippen molar-refractivity contribution in [1.29, 1.82) is 0 Å². The third-order valence-electron chi connectivity index (χ3n) is 5.73. The normalized spacial score (nSPS) is 11.4. The van der Waals surface area contributed by atoms with E-state index in [1.807, 2.05) is 20.8 Å². The van der Waals surface area contributed by atoms with E-state index in [0.717, 1.165) is 51.8 Å². The molecule has 0 saturated carbocycles. The zero-order chi connectivity index (χ0) is 26.1. The molecule has 0 aliphatic carbocycles. The van der Waals surface area contributed by atoms with Gasteiger partial charge in [0.05, 0.1) is 4.47 Å². The van der Waals surface area contributed by atoms with Gasteiger partial charge in [0.2, 0.25) is 0 Å². The molecule has 0 bridgehead atoms. The largest absolute Gasteiger partial charge is 0.204 e. The number of rotatable bonds is 10. The molecule has 0 aromatic heterocycles. The van der Waals surface area contributed by atoms with E-state index in [4.69, 9.17) is 0 Å². The maximum absolute atomic E-state index is 14.5. The summed E-state index contributed by atoms with van der Waals surface area (Å²) >= 11 is -1.19. The van der Waals surface area contributed by atoms with Crippen LogP contribution in [0.25, 0.3) is 0 Å². The Bertz CT molecular complexity index is 877. The van der Waals surface area contributed by atoms with Gasteiger partial charge in [0.1, 0.15) is 0 Å². The summed E-state index contributed by atoms with van der Waals surface area (Å²) in [5, 5.41) is 0. The molecule has 10 heteroatoms. The van der Waals surface area contributed by atoms with Gasteiger partial charge in [-0.2, -0.15) is 0 Å². The zero-order valence-corrected chi connectivity index (χ0v) is 23.9. The topological polar surface area (TPSA) is 0 Å². The van der Waals surface area contributed by atoms with E-state index in [1.165, 1.54) is 0 Å². The van der Waals surface area contributed by atoms with Gasteiger partial charge in [0, 0.05) is 6.07 Å². The summed E-state index contributed by atoms with van der Waals surface area (Å²) in [5.74, 6) is -10.4. The minimum atomic E-state index is -3.54. The van der Waals surface area contributed by atoms with E-state index in [9.17, 15) is 35.1 Å². The second-order valence-electron chi connectivity index (χ2n) is 8.22. The molecule has 2 aromatic carbocycles. The van der Waals surface area contributed by atoms with Crippen LogP contribution in [0.15, 0.2) is 16.6 Å². The Balaban J connectivity index is 0.000000437. The van der Waals surface area contributed by atoms with Crippen LogP contribution in [0, 0.1) is 46.5 Å². The predicted molar refractivity (Wildman–Crippen MR) is 125 cm³/mol. The zero-order valence-electron chi connectivity index (χ0n) is 19.4. The Kier molecular flexibility index (Phi) is 13.4. The van der Waals surface area contributed by atoms with E-state index in [2.05, 4.69) is 15.9 Å². The summed E-state index contributed by atoms with van der Waals surface area (Å²) in [6.07, 6.45) is 5.41. The molecule has 0 spiro atoms. The number of hydrogen-bond acceptors (Lipinski definition) is 0. The van der Waals surface area contributed by atoms with Crippen LogP contribution in [0.2, 0.25) is 13.3 Å². The summed E-state index contributed by atoms with van der Waals surface area (Å²) in [7, 11) is 0. The van der Waals surface area contributed by atoms with Crippen LogP contribution >= 0.6 is 15.9 Å². The molecule has 0 amide bonds. The van der Waals surface area contributed by atoms with E-state index in [1.54, 1.807) is 0 Å². The summed E-state index contributed by atoms with van der Waals surface area (Å²) in [6, 6.07) is 0.486. The van der Waals surface area contributed by atoms with Crippen LogP contribution in [0.5, 0.6) is 0 Å². The van der Waals surface area contributed by atoms with Crippen molar-refractivity contribution in [3.05, 3.63) is 63.1 Å². The monoisotopic (exact) mass is 668 g/mol. The maximum Gasteiger partial charge on any atom is 0.176 e. The SMILES string of the molecule is CCC[CH2][Sn]([CH2]CCC)([CH2]CCC)[c]1c(F)c(F)cc(F)c1F.Fc1cc(F)c(F)c(Br)c1F. The molecule has 0 fully saturated rings. The molecule has 192 valence electrons. The first-order chi connectivity index (χ1) is 16.0. The molecular weight excluding hydrogens is 639 g/mol.